The Labute approximate surface area is 147 Å². The first-order chi connectivity index (χ1) is 11.3. The van der Waals surface area contributed by atoms with Crippen molar-refractivity contribution in [2.24, 2.45) is 0 Å². The molecule has 0 aromatic heterocycles. The van der Waals surface area contributed by atoms with E-state index in [1.165, 1.54) is 11.8 Å². The van der Waals surface area contributed by atoms with E-state index in [0.717, 1.165) is 16.7 Å². The average Bonchev–Trinajstić information content (AvgIpc) is 2.52. The number of aryl methyl sites for hydroxylation is 2. The Morgan fingerprint density at radius 2 is 1.75 bits per heavy atom. The molecule has 0 radical (unpaired) electrons. The van der Waals surface area contributed by atoms with Gasteiger partial charge in [-0.05, 0) is 37.1 Å². The number of amides is 2. The number of hydrogen-bond acceptors (Lipinski definition) is 2. The Morgan fingerprint density at radius 3 is 2.33 bits per heavy atom. The predicted octanol–water partition coefficient (Wildman–Crippen LogP) is 3.94. The molecule has 2 aromatic carbocycles. The highest BCUT2D eigenvalue weighted by molar-refractivity contribution is 6.31. The van der Waals surface area contributed by atoms with Crippen LogP contribution in [0.2, 0.25) is 5.02 Å². The quantitative estimate of drug-likeness (QED) is 0.893. The van der Waals surface area contributed by atoms with Crippen molar-refractivity contribution in [3.63, 3.8) is 0 Å². The van der Waals surface area contributed by atoms with Gasteiger partial charge in [0.05, 0.1) is 0 Å². The van der Waals surface area contributed by atoms with Crippen LogP contribution < -0.4 is 5.32 Å². The number of hydrogen-bond donors (Lipinski definition) is 1. The molecule has 4 nitrogen and oxygen atoms in total. The van der Waals surface area contributed by atoms with Crippen molar-refractivity contribution in [3.8, 4) is 0 Å². The van der Waals surface area contributed by atoms with E-state index < -0.39 is 0 Å². The molecule has 2 rings (SSSR count). The minimum atomic E-state index is -0.253. The van der Waals surface area contributed by atoms with Gasteiger partial charge in [-0.1, -0.05) is 47.5 Å². The molecule has 0 fully saturated rings. The van der Waals surface area contributed by atoms with E-state index in [-0.39, 0.29) is 18.4 Å². The van der Waals surface area contributed by atoms with Crippen LogP contribution in [0.1, 0.15) is 23.6 Å². The van der Waals surface area contributed by atoms with E-state index in [9.17, 15) is 9.59 Å². The maximum absolute atomic E-state index is 12.2. The van der Waals surface area contributed by atoms with Crippen LogP contribution in [0.25, 0.3) is 0 Å². The Balaban J connectivity index is 2.01. The number of nitrogens with one attached hydrogen (secondary N) is 1. The van der Waals surface area contributed by atoms with E-state index in [1.54, 1.807) is 12.1 Å². The molecule has 24 heavy (non-hydrogen) atoms. The maximum Gasteiger partial charge on any atom is 0.244 e. The Hall–Kier alpha value is -2.33. The zero-order valence-corrected chi connectivity index (χ0v) is 14.9. The van der Waals surface area contributed by atoms with Gasteiger partial charge in [0.15, 0.2) is 0 Å². The van der Waals surface area contributed by atoms with Gasteiger partial charge in [0.2, 0.25) is 11.8 Å². The zero-order chi connectivity index (χ0) is 17.7. The summed E-state index contributed by atoms with van der Waals surface area (Å²) in [5, 5.41) is 3.37. The van der Waals surface area contributed by atoms with Gasteiger partial charge < -0.3 is 10.2 Å². The number of carbonyl (C=O) groups excluding carboxylic acids is 2. The SMILES string of the molecule is CC(=O)N(CC(=O)Nc1ccc(C)c(Cl)c1)Cc1ccc(C)cc1. The molecule has 0 bridgehead atoms. The van der Waals surface area contributed by atoms with Gasteiger partial charge in [-0.3, -0.25) is 9.59 Å². The fraction of sp³-hybridized carbons (Fsp3) is 0.263. The van der Waals surface area contributed by atoms with Crippen molar-refractivity contribution < 1.29 is 9.59 Å². The highest BCUT2D eigenvalue weighted by Crippen LogP contribution is 2.20. The molecule has 0 aliphatic rings. The van der Waals surface area contributed by atoms with E-state index in [0.29, 0.717) is 17.3 Å². The van der Waals surface area contributed by atoms with Gasteiger partial charge in [0.1, 0.15) is 6.54 Å². The molecule has 2 amide bonds. The van der Waals surface area contributed by atoms with Crippen LogP contribution in [-0.4, -0.2) is 23.3 Å². The molecule has 0 atom stereocenters. The highest BCUT2D eigenvalue weighted by atomic mass is 35.5. The summed E-state index contributed by atoms with van der Waals surface area (Å²) >= 11 is 6.06. The fourth-order valence-electron chi connectivity index (χ4n) is 2.24. The molecule has 1 N–H and O–H groups in total. The van der Waals surface area contributed by atoms with Crippen molar-refractivity contribution >= 4 is 29.1 Å². The molecule has 0 heterocycles. The lowest BCUT2D eigenvalue weighted by atomic mass is 10.1. The van der Waals surface area contributed by atoms with Crippen LogP contribution in [-0.2, 0) is 16.1 Å². The van der Waals surface area contributed by atoms with Crippen LogP contribution in [0, 0.1) is 13.8 Å². The van der Waals surface area contributed by atoms with Gasteiger partial charge in [-0.25, -0.2) is 0 Å². The number of carbonyl (C=O) groups is 2. The van der Waals surface area contributed by atoms with Crippen LogP contribution in [0.5, 0.6) is 0 Å². The van der Waals surface area contributed by atoms with E-state index in [2.05, 4.69) is 5.32 Å². The summed E-state index contributed by atoms with van der Waals surface area (Å²) in [6, 6.07) is 13.2. The third-order valence-corrected chi connectivity index (χ3v) is 4.14. The number of benzene rings is 2. The minimum absolute atomic E-state index is 0.00525. The topological polar surface area (TPSA) is 49.4 Å². The number of nitrogens with zero attached hydrogens (tertiary/aromatic N) is 1. The summed E-state index contributed by atoms with van der Waals surface area (Å²) in [5.41, 5.74) is 3.71. The highest BCUT2D eigenvalue weighted by Gasteiger charge is 2.14. The molecule has 0 aliphatic carbocycles. The minimum Gasteiger partial charge on any atom is -0.329 e. The smallest absolute Gasteiger partial charge is 0.244 e. The first-order valence-corrected chi connectivity index (χ1v) is 8.10. The summed E-state index contributed by atoms with van der Waals surface area (Å²) in [4.78, 5) is 25.6. The van der Waals surface area contributed by atoms with E-state index in [1.807, 2.05) is 44.2 Å². The van der Waals surface area contributed by atoms with Gasteiger partial charge in [-0.15, -0.1) is 0 Å². The monoisotopic (exact) mass is 344 g/mol. The Kier molecular flexibility index (Phi) is 5.99. The largest absolute Gasteiger partial charge is 0.329 e. The molecule has 5 heteroatoms. The second-order valence-electron chi connectivity index (χ2n) is 5.87. The van der Waals surface area contributed by atoms with Gasteiger partial charge in [0.25, 0.3) is 0 Å². The third kappa shape index (κ3) is 5.10. The summed E-state index contributed by atoms with van der Waals surface area (Å²) in [7, 11) is 0. The zero-order valence-electron chi connectivity index (χ0n) is 14.1. The number of anilines is 1. The number of rotatable bonds is 5. The number of halogens is 1. The summed E-state index contributed by atoms with van der Waals surface area (Å²) in [5.74, 6) is -0.398. The van der Waals surface area contributed by atoms with Crippen molar-refractivity contribution in [1.82, 2.24) is 4.90 Å². The van der Waals surface area contributed by atoms with Crippen molar-refractivity contribution in [3.05, 3.63) is 64.2 Å². The molecule has 0 saturated carbocycles. The lowest BCUT2D eigenvalue weighted by Gasteiger charge is -2.21. The second kappa shape index (κ2) is 7.97. The summed E-state index contributed by atoms with van der Waals surface area (Å²) < 4.78 is 0. The average molecular weight is 345 g/mol. The fourth-order valence-corrected chi connectivity index (χ4v) is 2.42. The molecular formula is C19H21ClN2O2. The van der Waals surface area contributed by atoms with Crippen molar-refractivity contribution in [2.75, 3.05) is 11.9 Å². The van der Waals surface area contributed by atoms with Crippen LogP contribution in [0.3, 0.4) is 0 Å². The Bertz CT molecular complexity index is 742. The van der Waals surface area contributed by atoms with Crippen LogP contribution in [0.15, 0.2) is 42.5 Å². The first-order valence-electron chi connectivity index (χ1n) is 7.72. The van der Waals surface area contributed by atoms with Crippen molar-refractivity contribution in [2.45, 2.75) is 27.3 Å². The molecular weight excluding hydrogens is 324 g/mol. The van der Waals surface area contributed by atoms with Gasteiger partial charge >= 0.3 is 0 Å². The van der Waals surface area contributed by atoms with Crippen LogP contribution in [0.4, 0.5) is 5.69 Å². The molecule has 0 aliphatic heterocycles. The summed E-state index contributed by atoms with van der Waals surface area (Å²) in [6.45, 7) is 5.76. The van der Waals surface area contributed by atoms with Crippen molar-refractivity contribution in [1.29, 1.82) is 0 Å². The third-order valence-electron chi connectivity index (χ3n) is 3.73. The lowest BCUT2D eigenvalue weighted by molar-refractivity contribution is -0.133. The molecule has 0 saturated heterocycles. The van der Waals surface area contributed by atoms with E-state index in [4.69, 9.17) is 11.6 Å². The second-order valence-corrected chi connectivity index (χ2v) is 6.28. The lowest BCUT2D eigenvalue weighted by Crippen LogP contribution is -2.36. The molecule has 126 valence electrons. The maximum atomic E-state index is 12.2. The first kappa shape index (κ1) is 18.0. The van der Waals surface area contributed by atoms with E-state index >= 15 is 0 Å². The summed E-state index contributed by atoms with van der Waals surface area (Å²) in [6.07, 6.45) is 0. The standard InChI is InChI=1S/C19H21ClN2O2/c1-13-4-7-16(8-5-13)11-22(15(3)23)12-19(24)21-17-9-6-14(2)18(20)10-17/h4-10H,11-12H2,1-3H3,(H,21,24). The van der Waals surface area contributed by atoms with Gasteiger partial charge in [0, 0.05) is 24.2 Å². The molecule has 0 unspecified atom stereocenters. The normalized spacial score (nSPS) is 10.3. The predicted molar refractivity (Wildman–Crippen MR) is 97.1 cm³/mol. The van der Waals surface area contributed by atoms with Gasteiger partial charge in [-0.2, -0.15) is 0 Å². The Morgan fingerprint density at radius 1 is 1.08 bits per heavy atom. The molecule has 0 spiro atoms. The van der Waals surface area contributed by atoms with Crippen LogP contribution >= 0.6 is 11.6 Å². The molecule has 2 aromatic rings.